The fourth-order valence-electron chi connectivity index (χ4n) is 0.678. The third kappa shape index (κ3) is 3.01. The van der Waals surface area contributed by atoms with Crippen LogP contribution in [-0.2, 0) is 14.4 Å². The fourth-order valence-corrected chi connectivity index (χ4v) is 0.678. The van der Waals surface area contributed by atoms with Crippen molar-refractivity contribution >= 4 is 12.3 Å². The summed E-state index contributed by atoms with van der Waals surface area (Å²) < 4.78 is 0. The summed E-state index contributed by atoms with van der Waals surface area (Å²) in [4.78, 5) is 24.1. The number of hydrogen-bond donors (Lipinski definition) is 5. The maximum Gasteiger partial charge on any atom is 0.356 e. The Morgan fingerprint density at radius 2 is 1.71 bits per heavy atom. The molecule has 14 heavy (non-hydrogen) atoms. The molecule has 0 spiro atoms. The van der Waals surface area contributed by atoms with Gasteiger partial charge in [0.15, 0.2) is 12.4 Å². The molecule has 0 heterocycles. The topological polar surface area (TPSA) is 150 Å². The number of rotatable bonds is 5. The molecule has 0 fully saturated rings. The molecule has 0 radical (unpaired) electrons. The van der Waals surface area contributed by atoms with Gasteiger partial charge in [-0.3, -0.25) is 0 Å². The highest BCUT2D eigenvalue weighted by atomic mass is 16.7. The first-order valence-corrected chi connectivity index (χ1v) is 3.53. The van der Waals surface area contributed by atoms with Gasteiger partial charge in [-0.2, -0.15) is 5.90 Å². The van der Waals surface area contributed by atoms with Crippen molar-refractivity contribution in [2.24, 2.45) is 5.90 Å². The summed E-state index contributed by atoms with van der Waals surface area (Å²) in [6, 6.07) is 0. The minimum Gasteiger partial charge on any atom is -0.387 e. The van der Waals surface area contributed by atoms with Gasteiger partial charge >= 0.3 is 5.97 Å². The third-order valence-corrected chi connectivity index (χ3v) is 1.52. The monoisotopic (exact) mass is 209 g/mol. The van der Waals surface area contributed by atoms with Gasteiger partial charge in [0.25, 0.3) is 0 Å². The smallest absolute Gasteiger partial charge is 0.356 e. The molecule has 6 N–H and O–H groups in total. The average molecular weight is 209 g/mol. The number of aliphatic hydroxyl groups is 4. The van der Waals surface area contributed by atoms with Gasteiger partial charge in [0.05, 0.1) is 0 Å². The Labute approximate surface area is 78.5 Å². The summed E-state index contributed by atoms with van der Waals surface area (Å²) in [6.07, 6.45) is -8.17. The van der Waals surface area contributed by atoms with Crippen LogP contribution in [0.5, 0.6) is 0 Å². The number of aldehydes is 1. The van der Waals surface area contributed by atoms with Crippen LogP contribution in [0.25, 0.3) is 0 Å². The highest BCUT2D eigenvalue weighted by Crippen LogP contribution is 2.04. The standard InChI is InChI=1S/C6H11NO7/c7-14-6(13)5(12)4(11)3(10)2(9)1-8/h1-5,9-12H,7H2. The summed E-state index contributed by atoms with van der Waals surface area (Å²) >= 11 is 0. The molecule has 4 atom stereocenters. The molecule has 82 valence electrons. The molecule has 0 aliphatic rings. The molecular formula is C6H11NO7. The van der Waals surface area contributed by atoms with Crippen LogP contribution in [0.3, 0.4) is 0 Å². The van der Waals surface area contributed by atoms with Crippen LogP contribution in [0.15, 0.2) is 0 Å². The van der Waals surface area contributed by atoms with E-state index in [2.05, 4.69) is 10.7 Å². The van der Waals surface area contributed by atoms with Crippen LogP contribution in [-0.4, -0.2) is 57.1 Å². The van der Waals surface area contributed by atoms with E-state index in [1.165, 1.54) is 0 Å². The molecule has 8 heteroatoms. The zero-order valence-corrected chi connectivity index (χ0v) is 6.98. The molecule has 4 unspecified atom stereocenters. The molecule has 0 aliphatic carbocycles. The van der Waals surface area contributed by atoms with Gasteiger partial charge < -0.3 is 30.1 Å². The van der Waals surface area contributed by atoms with E-state index in [1.54, 1.807) is 0 Å². The van der Waals surface area contributed by atoms with Gasteiger partial charge in [-0.1, -0.05) is 0 Å². The normalized spacial score (nSPS) is 19.2. The predicted octanol–water partition coefficient (Wildman–Crippen LogP) is -3.95. The lowest BCUT2D eigenvalue weighted by atomic mass is 10.0. The number of aliphatic hydroxyl groups excluding tert-OH is 4. The maximum atomic E-state index is 10.5. The second kappa shape index (κ2) is 5.62. The van der Waals surface area contributed by atoms with Crippen LogP contribution in [0.1, 0.15) is 0 Å². The van der Waals surface area contributed by atoms with E-state index < -0.39 is 30.4 Å². The second-order valence-corrected chi connectivity index (χ2v) is 2.49. The van der Waals surface area contributed by atoms with E-state index in [1.807, 2.05) is 0 Å². The first-order valence-electron chi connectivity index (χ1n) is 3.53. The third-order valence-electron chi connectivity index (χ3n) is 1.52. The average Bonchev–Trinajstić information content (AvgIpc) is 2.23. The Morgan fingerprint density at radius 1 is 1.21 bits per heavy atom. The van der Waals surface area contributed by atoms with Crippen LogP contribution in [0, 0.1) is 0 Å². The van der Waals surface area contributed by atoms with Crippen molar-refractivity contribution in [3.8, 4) is 0 Å². The van der Waals surface area contributed by atoms with Crippen LogP contribution in [0.2, 0.25) is 0 Å². The van der Waals surface area contributed by atoms with E-state index in [4.69, 9.17) is 20.4 Å². The Morgan fingerprint density at radius 3 is 2.07 bits per heavy atom. The number of nitrogens with two attached hydrogens (primary N) is 1. The number of carbonyl (C=O) groups excluding carboxylic acids is 2. The summed E-state index contributed by atoms with van der Waals surface area (Å²) in [6.45, 7) is 0. The number of carbonyl (C=O) groups is 2. The Bertz CT molecular complexity index is 208. The lowest BCUT2D eigenvalue weighted by Crippen LogP contribution is -2.49. The van der Waals surface area contributed by atoms with Crippen molar-refractivity contribution < 1.29 is 34.9 Å². The summed E-state index contributed by atoms with van der Waals surface area (Å²) in [5.74, 6) is 2.99. The van der Waals surface area contributed by atoms with E-state index in [9.17, 15) is 9.59 Å². The lowest BCUT2D eigenvalue weighted by Gasteiger charge is -2.21. The van der Waals surface area contributed by atoms with E-state index in [0.29, 0.717) is 0 Å². The van der Waals surface area contributed by atoms with Crippen molar-refractivity contribution in [1.82, 2.24) is 0 Å². The highest BCUT2D eigenvalue weighted by molar-refractivity contribution is 5.75. The summed E-state index contributed by atoms with van der Waals surface area (Å²) in [7, 11) is 0. The van der Waals surface area contributed by atoms with Crippen molar-refractivity contribution in [3.63, 3.8) is 0 Å². The summed E-state index contributed by atoms with van der Waals surface area (Å²) in [5, 5.41) is 35.6. The van der Waals surface area contributed by atoms with Gasteiger partial charge in [0.2, 0.25) is 0 Å². The molecule has 0 aromatic heterocycles. The highest BCUT2D eigenvalue weighted by Gasteiger charge is 2.35. The van der Waals surface area contributed by atoms with Crippen LogP contribution in [0.4, 0.5) is 0 Å². The minimum absolute atomic E-state index is 0.0611. The van der Waals surface area contributed by atoms with Crippen LogP contribution < -0.4 is 5.90 Å². The molecular weight excluding hydrogens is 198 g/mol. The van der Waals surface area contributed by atoms with E-state index in [0.717, 1.165) is 0 Å². The lowest BCUT2D eigenvalue weighted by molar-refractivity contribution is -0.170. The Kier molecular flexibility index (Phi) is 5.20. The fraction of sp³-hybridized carbons (Fsp3) is 0.667. The minimum atomic E-state index is -2.13. The predicted molar refractivity (Wildman–Crippen MR) is 40.4 cm³/mol. The van der Waals surface area contributed by atoms with E-state index >= 15 is 0 Å². The Balaban J connectivity index is 4.37. The quantitative estimate of drug-likeness (QED) is 0.227. The summed E-state index contributed by atoms with van der Waals surface area (Å²) in [5.41, 5.74) is 0. The second-order valence-electron chi connectivity index (χ2n) is 2.49. The molecule has 0 bridgehead atoms. The van der Waals surface area contributed by atoms with Crippen molar-refractivity contribution in [1.29, 1.82) is 0 Å². The number of hydrogen-bond acceptors (Lipinski definition) is 8. The van der Waals surface area contributed by atoms with Crippen LogP contribution >= 0.6 is 0 Å². The van der Waals surface area contributed by atoms with Gasteiger partial charge in [-0.15, -0.1) is 0 Å². The van der Waals surface area contributed by atoms with Gasteiger partial charge in [-0.25, -0.2) is 4.79 Å². The maximum absolute atomic E-state index is 10.5. The van der Waals surface area contributed by atoms with Crippen molar-refractivity contribution in [2.45, 2.75) is 24.4 Å². The Hall–Kier alpha value is -1.06. The van der Waals surface area contributed by atoms with Gasteiger partial charge in [-0.05, 0) is 0 Å². The van der Waals surface area contributed by atoms with Crippen molar-refractivity contribution in [3.05, 3.63) is 0 Å². The van der Waals surface area contributed by atoms with Gasteiger partial charge in [0, 0.05) is 0 Å². The zero-order valence-electron chi connectivity index (χ0n) is 6.98. The molecule has 0 saturated heterocycles. The van der Waals surface area contributed by atoms with Crippen molar-refractivity contribution in [2.75, 3.05) is 0 Å². The molecule has 8 nitrogen and oxygen atoms in total. The molecule has 0 aromatic carbocycles. The molecule has 0 aromatic rings. The first-order chi connectivity index (χ1) is 6.45. The SMILES string of the molecule is NOC(=O)C(O)C(O)C(O)C(O)C=O. The molecule has 0 rings (SSSR count). The molecule has 0 saturated carbocycles. The van der Waals surface area contributed by atoms with E-state index in [-0.39, 0.29) is 6.29 Å². The zero-order chi connectivity index (χ0) is 11.3. The first kappa shape index (κ1) is 12.9. The molecule has 0 aliphatic heterocycles. The van der Waals surface area contributed by atoms with Gasteiger partial charge in [0.1, 0.15) is 18.3 Å². The molecule has 0 amide bonds. The largest absolute Gasteiger partial charge is 0.387 e.